The van der Waals surface area contributed by atoms with Crippen LogP contribution in [0.25, 0.3) is 10.8 Å². The van der Waals surface area contributed by atoms with Crippen LogP contribution in [-0.4, -0.2) is 44.4 Å². The van der Waals surface area contributed by atoms with Gasteiger partial charge in [-0.1, -0.05) is 6.07 Å². The lowest BCUT2D eigenvalue weighted by Crippen LogP contribution is -2.33. The van der Waals surface area contributed by atoms with Crippen LogP contribution < -0.4 is 15.4 Å². The molecule has 20 heavy (non-hydrogen) atoms. The van der Waals surface area contributed by atoms with Gasteiger partial charge in [0, 0.05) is 31.8 Å². The number of methoxy groups -OCH3 is 2. The molecule has 2 heterocycles. The number of hydrogen-bond donors (Lipinski definition) is 2. The molecule has 0 bridgehead atoms. The summed E-state index contributed by atoms with van der Waals surface area (Å²) in [6.07, 6.45) is 1.99. The number of nitrogens with one attached hydrogen (secondary N) is 2. The van der Waals surface area contributed by atoms with E-state index in [1.165, 1.54) is 0 Å². The van der Waals surface area contributed by atoms with Crippen LogP contribution in [0.15, 0.2) is 30.5 Å². The molecule has 2 atom stereocenters. The van der Waals surface area contributed by atoms with Crippen molar-refractivity contribution in [1.82, 2.24) is 10.3 Å². The first kappa shape index (κ1) is 13.1. The monoisotopic (exact) mass is 273 g/mol. The van der Waals surface area contributed by atoms with Gasteiger partial charge in [-0.3, -0.25) is 0 Å². The fourth-order valence-electron chi connectivity index (χ4n) is 2.61. The van der Waals surface area contributed by atoms with Crippen molar-refractivity contribution >= 4 is 16.6 Å². The highest BCUT2D eigenvalue weighted by Gasteiger charge is 2.27. The van der Waals surface area contributed by atoms with Crippen molar-refractivity contribution in [1.29, 1.82) is 0 Å². The van der Waals surface area contributed by atoms with E-state index in [-0.39, 0.29) is 12.1 Å². The van der Waals surface area contributed by atoms with Crippen LogP contribution in [0.2, 0.25) is 0 Å². The SMILES string of the molecule is COc1ccc2ccnc(NC3CNC[C@@H]3OC)c2c1. The zero-order chi connectivity index (χ0) is 13.9. The average molecular weight is 273 g/mol. The molecule has 1 fully saturated rings. The van der Waals surface area contributed by atoms with E-state index in [0.717, 1.165) is 35.4 Å². The molecule has 1 aliphatic heterocycles. The first-order valence-corrected chi connectivity index (χ1v) is 6.74. The van der Waals surface area contributed by atoms with Gasteiger partial charge in [-0.05, 0) is 23.6 Å². The highest BCUT2D eigenvalue weighted by Crippen LogP contribution is 2.26. The molecule has 0 aliphatic carbocycles. The molecule has 0 radical (unpaired) electrons. The van der Waals surface area contributed by atoms with Crippen molar-refractivity contribution < 1.29 is 9.47 Å². The fraction of sp³-hybridized carbons (Fsp3) is 0.400. The minimum atomic E-state index is 0.165. The number of aromatic nitrogens is 1. The number of fused-ring (bicyclic) bond motifs is 1. The van der Waals surface area contributed by atoms with Gasteiger partial charge in [0.15, 0.2) is 0 Å². The van der Waals surface area contributed by atoms with E-state index >= 15 is 0 Å². The van der Waals surface area contributed by atoms with Gasteiger partial charge in [0.05, 0.1) is 19.3 Å². The van der Waals surface area contributed by atoms with E-state index in [9.17, 15) is 0 Å². The minimum Gasteiger partial charge on any atom is -0.497 e. The van der Waals surface area contributed by atoms with Gasteiger partial charge in [-0.15, -0.1) is 0 Å². The molecule has 1 aliphatic rings. The molecule has 0 amide bonds. The number of rotatable bonds is 4. The molecule has 2 N–H and O–H groups in total. The Morgan fingerprint density at radius 2 is 2.15 bits per heavy atom. The van der Waals surface area contributed by atoms with Gasteiger partial charge in [0.1, 0.15) is 11.6 Å². The summed E-state index contributed by atoms with van der Waals surface area (Å²) in [5, 5.41) is 9.01. The van der Waals surface area contributed by atoms with Crippen LogP contribution >= 0.6 is 0 Å². The first-order chi connectivity index (χ1) is 9.81. The molecule has 2 aromatic rings. The Morgan fingerprint density at radius 3 is 2.95 bits per heavy atom. The van der Waals surface area contributed by atoms with Crippen LogP contribution in [0, 0.1) is 0 Å². The van der Waals surface area contributed by atoms with Crippen molar-refractivity contribution in [3.63, 3.8) is 0 Å². The van der Waals surface area contributed by atoms with E-state index < -0.39 is 0 Å². The number of benzene rings is 1. The number of ether oxygens (including phenoxy) is 2. The lowest BCUT2D eigenvalue weighted by molar-refractivity contribution is 0.111. The van der Waals surface area contributed by atoms with Crippen LogP contribution in [-0.2, 0) is 4.74 Å². The maximum atomic E-state index is 5.48. The molecule has 0 spiro atoms. The molecule has 1 unspecified atom stereocenters. The molecule has 1 aromatic heterocycles. The van der Waals surface area contributed by atoms with Crippen molar-refractivity contribution in [3.05, 3.63) is 30.5 Å². The summed E-state index contributed by atoms with van der Waals surface area (Å²) < 4.78 is 10.8. The first-order valence-electron chi connectivity index (χ1n) is 6.74. The number of hydrogen-bond acceptors (Lipinski definition) is 5. The zero-order valence-electron chi connectivity index (χ0n) is 11.7. The quantitative estimate of drug-likeness (QED) is 0.887. The maximum Gasteiger partial charge on any atom is 0.134 e. The Bertz CT molecular complexity index is 603. The van der Waals surface area contributed by atoms with E-state index in [4.69, 9.17) is 9.47 Å². The second kappa shape index (κ2) is 5.64. The van der Waals surface area contributed by atoms with Crippen LogP contribution in [0.1, 0.15) is 0 Å². The Balaban J connectivity index is 1.94. The second-order valence-electron chi connectivity index (χ2n) is 4.93. The summed E-state index contributed by atoms with van der Waals surface area (Å²) in [5.74, 6) is 1.71. The summed E-state index contributed by atoms with van der Waals surface area (Å²) in [5.41, 5.74) is 0. The highest BCUT2D eigenvalue weighted by molar-refractivity contribution is 5.92. The molecule has 5 heteroatoms. The third-order valence-electron chi connectivity index (χ3n) is 3.76. The van der Waals surface area contributed by atoms with Crippen molar-refractivity contribution in [3.8, 4) is 5.75 Å². The molecular formula is C15H19N3O2. The lowest BCUT2D eigenvalue weighted by atomic mass is 10.1. The Hall–Kier alpha value is -1.85. The minimum absolute atomic E-state index is 0.165. The highest BCUT2D eigenvalue weighted by atomic mass is 16.5. The molecule has 5 nitrogen and oxygen atoms in total. The lowest BCUT2D eigenvalue weighted by Gasteiger charge is -2.20. The van der Waals surface area contributed by atoms with Gasteiger partial charge in [-0.2, -0.15) is 0 Å². The average Bonchev–Trinajstić information content (AvgIpc) is 2.94. The molecule has 106 valence electrons. The smallest absolute Gasteiger partial charge is 0.134 e. The predicted molar refractivity (Wildman–Crippen MR) is 79.4 cm³/mol. The summed E-state index contributed by atoms with van der Waals surface area (Å²) >= 11 is 0. The Labute approximate surface area is 118 Å². The molecule has 1 aromatic carbocycles. The van der Waals surface area contributed by atoms with Crippen LogP contribution in [0.4, 0.5) is 5.82 Å². The van der Waals surface area contributed by atoms with E-state index in [0.29, 0.717) is 0 Å². The normalized spacial score (nSPS) is 22.1. The second-order valence-corrected chi connectivity index (χ2v) is 4.93. The van der Waals surface area contributed by atoms with Crippen LogP contribution in [0.5, 0.6) is 5.75 Å². The Kier molecular flexibility index (Phi) is 3.71. The van der Waals surface area contributed by atoms with Gasteiger partial charge in [0.25, 0.3) is 0 Å². The summed E-state index contributed by atoms with van der Waals surface area (Å²) in [6, 6.07) is 8.24. The molecule has 0 saturated carbocycles. The summed E-state index contributed by atoms with van der Waals surface area (Å²) in [4.78, 5) is 4.46. The van der Waals surface area contributed by atoms with Crippen LogP contribution in [0.3, 0.4) is 0 Å². The molecule has 3 rings (SSSR count). The van der Waals surface area contributed by atoms with E-state index in [1.807, 2.05) is 30.5 Å². The number of nitrogens with zero attached hydrogens (tertiary/aromatic N) is 1. The number of anilines is 1. The predicted octanol–water partition coefficient (Wildman–Crippen LogP) is 1.64. The standard InChI is InChI=1S/C15H19N3O2/c1-19-11-4-3-10-5-6-17-15(12(10)7-11)18-13-8-16-9-14(13)20-2/h3-7,13-14,16H,8-9H2,1-2H3,(H,17,18)/t13?,14-/m0/s1. The summed E-state index contributed by atoms with van der Waals surface area (Å²) in [7, 11) is 3.42. The topological polar surface area (TPSA) is 55.4 Å². The Morgan fingerprint density at radius 1 is 1.25 bits per heavy atom. The molecule has 1 saturated heterocycles. The summed E-state index contributed by atoms with van der Waals surface area (Å²) in [6.45, 7) is 1.74. The number of pyridine rings is 1. The van der Waals surface area contributed by atoms with Gasteiger partial charge in [-0.25, -0.2) is 4.98 Å². The maximum absolute atomic E-state index is 5.48. The van der Waals surface area contributed by atoms with Gasteiger partial charge < -0.3 is 20.1 Å². The van der Waals surface area contributed by atoms with E-state index in [2.05, 4.69) is 15.6 Å². The third-order valence-corrected chi connectivity index (χ3v) is 3.76. The van der Waals surface area contributed by atoms with Gasteiger partial charge in [0.2, 0.25) is 0 Å². The van der Waals surface area contributed by atoms with Gasteiger partial charge >= 0.3 is 0 Å². The van der Waals surface area contributed by atoms with Crippen molar-refractivity contribution in [2.24, 2.45) is 0 Å². The third kappa shape index (κ3) is 2.42. The molecular weight excluding hydrogens is 254 g/mol. The van der Waals surface area contributed by atoms with E-state index in [1.54, 1.807) is 14.2 Å². The van der Waals surface area contributed by atoms with Crippen molar-refractivity contribution in [2.75, 3.05) is 32.6 Å². The fourth-order valence-corrected chi connectivity index (χ4v) is 2.61. The van der Waals surface area contributed by atoms with Crippen molar-refractivity contribution in [2.45, 2.75) is 12.1 Å². The largest absolute Gasteiger partial charge is 0.497 e. The zero-order valence-corrected chi connectivity index (χ0v) is 11.7.